The lowest BCUT2D eigenvalue weighted by molar-refractivity contribution is -0.870. The van der Waals surface area contributed by atoms with E-state index >= 15 is 0 Å². The molecule has 2 N–H and O–H groups in total. The number of rotatable bonds is 40. The number of aliphatic hydroxyl groups is 1. The summed E-state index contributed by atoms with van der Waals surface area (Å²) in [6.07, 6.45) is 44.7. The molecule has 0 saturated heterocycles. The fourth-order valence-corrected chi connectivity index (χ4v) is 6.94. The second-order valence-electron chi connectivity index (χ2n) is 16.4. The van der Waals surface area contributed by atoms with Gasteiger partial charge in [-0.05, 0) is 57.8 Å². The molecular weight excluding hydrogens is 695 g/mol. The number of carbonyl (C=O) groups is 1. The molecule has 0 fully saturated rings. The summed E-state index contributed by atoms with van der Waals surface area (Å²) < 4.78 is 23.2. The largest absolute Gasteiger partial charge is 0.756 e. The molecular formula is C45H87N2O6P. The average molecular weight is 783 g/mol. The number of unbranched alkanes of at least 4 members (excludes halogenated alkanes) is 23. The molecule has 0 aliphatic rings. The molecule has 0 spiro atoms. The first-order chi connectivity index (χ1) is 26.0. The number of nitrogens with zero attached hydrogens (tertiary/aromatic N) is 1. The fraction of sp³-hybridized carbons (Fsp3) is 0.844. The quantitative estimate of drug-likeness (QED) is 0.0277. The maximum absolute atomic E-state index is 12.8. The topological polar surface area (TPSA) is 108 Å². The number of hydrogen-bond acceptors (Lipinski definition) is 6. The third kappa shape index (κ3) is 39.0. The number of quaternary nitrogens is 1. The first-order valence-electron chi connectivity index (χ1n) is 22.4. The van der Waals surface area contributed by atoms with E-state index in [1.54, 1.807) is 6.08 Å². The van der Waals surface area contributed by atoms with Crippen molar-refractivity contribution in [2.75, 3.05) is 40.9 Å². The second-order valence-corrected chi connectivity index (χ2v) is 17.8. The number of nitrogens with one attached hydrogen (secondary N) is 1. The third-order valence-corrected chi connectivity index (χ3v) is 10.8. The molecule has 0 heterocycles. The highest BCUT2D eigenvalue weighted by molar-refractivity contribution is 7.45. The van der Waals surface area contributed by atoms with E-state index < -0.39 is 26.6 Å². The number of carbonyl (C=O) groups excluding carboxylic acids is 1. The van der Waals surface area contributed by atoms with Crippen LogP contribution in [0.5, 0.6) is 0 Å². The predicted molar refractivity (Wildman–Crippen MR) is 228 cm³/mol. The maximum Gasteiger partial charge on any atom is 0.268 e. The summed E-state index contributed by atoms with van der Waals surface area (Å²) in [7, 11) is 1.24. The number of aliphatic hydroxyl groups excluding tert-OH is 1. The average Bonchev–Trinajstić information content (AvgIpc) is 3.12. The van der Waals surface area contributed by atoms with Crippen LogP contribution in [0.3, 0.4) is 0 Å². The van der Waals surface area contributed by atoms with Crippen molar-refractivity contribution in [3.63, 3.8) is 0 Å². The Hall–Kier alpha value is -1.28. The highest BCUT2D eigenvalue weighted by Gasteiger charge is 2.23. The second kappa shape index (κ2) is 37.3. The molecule has 9 heteroatoms. The van der Waals surface area contributed by atoms with Crippen LogP contribution in [-0.4, -0.2) is 68.5 Å². The van der Waals surface area contributed by atoms with Crippen molar-refractivity contribution in [3.05, 3.63) is 36.5 Å². The Kier molecular flexibility index (Phi) is 36.4. The van der Waals surface area contributed by atoms with E-state index in [0.29, 0.717) is 17.4 Å². The summed E-state index contributed by atoms with van der Waals surface area (Å²) >= 11 is 0. The monoisotopic (exact) mass is 783 g/mol. The van der Waals surface area contributed by atoms with E-state index in [1.165, 1.54) is 135 Å². The molecule has 8 nitrogen and oxygen atoms in total. The first kappa shape index (κ1) is 52.7. The zero-order chi connectivity index (χ0) is 40.0. The molecule has 0 rings (SSSR count). The van der Waals surface area contributed by atoms with Crippen LogP contribution in [0.2, 0.25) is 0 Å². The van der Waals surface area contributed by atoms with Crippen LogP contribution in [0.1, 0.15) is 194 Å². The summed E-state index contributed by atoms with van der Waals surface area (Å²) in [4.78, 5) is 25.3. The van der Waals surface area contributed by atoms with Crippen LogP contribution in [0.4, 0.5) is 0 Å². The molecule has 3 atom stereocenters. The van der Waals surface area contributed by atoms with Crippen molar-refractivity contribution in [2.24, 2.45) is 0 Å². The van der Waals surface area contributed by atoms with Gasteiger partial charge in [0.25, 0.3) is 7.82 Å². The molecule has 1 unspecified atom stereocenters. The van der Waals surface area contributed by atoms with Crippen LogP contribution in [-0.2, 0) is 18.4 Å². The van der Waals surface area contributed by atoms with Crippen molar-refractivity contribution in [1.82, 2.24) is 5.32 Å². The number of phosphoric acid groups is 1. The molecule has 0 saturated carbocycles. The van der Waals surface area contributed by atoms with Gasteiger partial charge in [0, 0.05) is 6.42 Å². The number of likely N-dealkylation sites (N-methyl/N-ethyl adjacent to an activating group) is 1. The summed E-state index contributed by atoms with van der Waals surface area (Å²) in [5.41, 5.74) is 0. The fourth-order valence-electron chi connectivity index (χ4n) is 6.22. The van der Waals surface area contributed by atoms with Crippen molar-refractivity contribution < 1.29 is 32.9 Å². The molecule has 0 aromatic rings. The van der Waals surface area contributed by atoms with E-state index in [0.717, 1.165) is 38.5 Å². The van der Waals surface area contributed by atoms with Crippen LogP contribution in [0.25, 0.3) is 0 Å². The Balaban J connectivity index is 4.47. The molecule has 1 amide bonds. The van der Waals surface area contributed by atoms with Gasteiger partial charge in [0.15, 0.2) is 0 Å². The minimum Gasteiger partial charge on any atom is -0.756 e. The van der Waals surface area contributed by atoms with Crippen molar-refractivity contribution in [1.29, 1.82) is 0 Å². The molecule has 0 aliphatic heterocycles. The van der Waals surface area contributed by atoms with Gasteiger partial charge in [-0.1, -0.05) is 166 Å². The molecule has 318 valence electrons. The lowest BCUT2D eigenvalue weighted by atomic mass is 10.1. The van der Waals surface area contributed by atoms with Gasteiger partial charge in [-0.25, -0.2) is 0 Å². The van der Waals surface area contributed by atoms with Crippen molar-refractivity contribution in [3.8, 4) is 0 Å². The van der Waals surface area contributed by atoms with E-state index in [9.17, 15) is 19.4 Å². The summed E-state index contributed by atoms with van der Waals surface area (Å²) in [5.74, 6) is -0.213. The molecule has 0 aromatic heterocycles. The Bertz CT molecular complexity index is 980. The highest BCUT2D eigenvalue weighted by atomic mass is 31.2. The van der Waals surface area contributed by atoms with Gasteiger partial charge >= 0.3 is 0 Å². The van der Waals surface area contributed by atoms with Gasteiger partial charge in [0.2, 0.25) is 5.91 Å². The SMILES string of the molecule is CCCCCCCC/C=C/CCCCCCCCCC(=O)N[C@@H](COP(=O)([O-])OCC[N+](C)(C)C)[C@H](O)/C=C/CC/C=C/CCCCCCCCCCC. The number of allylic oxidation sites excluding steroid dienone is 5. The lowest BCUT2D eigenvalue weighted by Crippen LogP contribution is -2.45. The highest BCUT2D eigenvalue weighted by Crippen LogP contribution is 2.38. The standard InChI is InChI=1S/C45H87N2O6P/c1-6-8-10-12-14-16-18-20-22-23-25-27-29-31-33-35-37-39-45(49)46-43(42-53-54(50,51)52-41-40-47(3,4)5)44(48)38-36-34-32-30-28-26-24-21-19-17-15-13-11-9-7-2/h20,22,28,30,36,38,43-44,48H,6-19,21,23-27,29,31-35,37,39-42H2,1-5H3,(H-,46,49,50,51)/b22-20+,30-28+,38-36+/t43-,44+/m0/s1. The van der Waals surface area contributed by atoms with Gasteiger partial charge in [-0.2, -0.15) is 0 Å². The molecule has 0 aliphatic carbocycles. The molecule has 54 heavy (non-hydrogen) atoms. The normalized spacial score (nSPS) is 14.7. The molecule has 0 bridgehead atoms. The van der Waals surface area contributed by atoms with E-state index in [2.05, 4.69) is 43.5 Å². The minimum absolute atomic E-state index is 0.00718. The Labute approximate surface area is 334 Å². The van der Waals surface area contributed by atoms with Gasteiger partial charge in [-0.15, -0.1) is 0 Å². The summed E-state index contributed by atoms with van der Waals surface area (Å²) in [6, 6.07) is -0.903. The van der Waals surface area contributed by atoms with Gasteiger partial charge < -0.3 is 28.8 Å². The third-order valence-electron chi connectivity index (χ3n) is 9.82. The smallest absolute Gasteiger partial charge is 0.268 e. The predicted octanol–water partition coefficient (Wildman–Crippen LogP) is 11.7. The van der Waals surface area contributed by atoms with Gasteiger partial charge in [-0.3, -0.25) is 9.36 Å². The Morgan fingerprint density at radius 3 is 1.50 bits per heavy atom. The number of hydrogen-bond donors (Lipinski definition) is 2. The summed E-state index contributed by atoms with van der Waals surface area (Å²) in [6.45, 7) is 4.61. The van der Waals surface area contributed by atoms with Crippen molar-refractivity contribution in [2.45, 2.75) is 206 Å². The van der Waals surface area contributed by atoms with Crippen LogP contribution in [0, 0.1) is 0 Å². The number of phosphoric ester groups is 1. The maximum atomic E-state index is 12.8. The zero-order valence-electron chi connectivity index (χ0n) is 35.9. The van der Waals surface area contributed by atoms with Crippen LogP contribution in [0.15, 0.2) is 36.5 Å². The van der Waals surface area contributed by atoms with Gasteiger partial charge in [0.1, 0.15) is 13.2 Å². The van der Waals surface area contributed by atoms with Gasteiger partial charge in [0.05, 0.1) is 39.9 Å². The van der Waals surface area contributed by atoms with Crippen LogP contribution >= 0.6 is 7.82 Å². The van der Waals surface area contributed by atoms with E-state index in [1.807, 2.05) is 27.2 Å². The lowest BCUT2D eigenvalue weighted by Gasteiger charge is -2.29. The Morgan fingerprint density at radius 2 is 1.04 bits per heavy atom. The van der Waals surface area contributed by atoms with Crippen molar-refractivity contribution >= 4 is 13.7 Å². The van der Waals surface area contributed by atoms with E-state index in [-0.39, 0.29) is 12.5 Å². The van der Waals surface area contributed by atoms with E-state index in [4.69, 9.17) is 9.05 Å². The Morgan fingerprint density at radius 1 is 0.630 bits per heavy atom. The summed E-state index contributed by atoms with van der Waals surface area (Å²) in [5, 5.41) is 13.7. The zero-order valence-corrected chi connectivity index (χ0v) is 36.8. The molecule has 0 radical (unpaired) electrons. The van der Waals surface area contributed by atoms with Crippen LogP contribution < -0.4 is 10.2 Å². The molecule has 0 aromatic carbocycles. The minimum atomic E-state index is -4.59. The number of amides is 1. The first-order valence-corrected chi connectivity index (χ1v) is 23.8.